The van der Waals surface area contributed by atoms with Crippen LogP contribution in [0.15, 0.2) is 72.8 Å². The molecule has 1 aliphatic rings. The highest BCUT2D eigenvalue weighted by molar-refractivity contribution is 7.99. The van der Waals surface area contributed by atoms with E-state index in [1.54, 1.807) is 37.3 Å². The van der Waals surface area contributed by atoms with Gasteiger partial charge in [0.15, 0.2) is 5.78 Å². The van der Waals surface area contributed by atoms with Crippen LogP contribution >= 0.6 is 11.8 Å². The van der Waals surface area contributed by atoms with Gasteiger partial charge in [0.05, 0.1) is 11.8 Å². The molecule has 204 valence electrons. The third-order valence-electron chi connectivity index (χ3n) is 7.22. The van der Waals surface area contributed by atoms with Gasteiger partial charge < -0.3 is 26.2 Å². The van der Waals surface area contributed by atoms with E-state index < -0.39 is 35.8 Å². The molecule has 39 heavy (non-hydrogen) atoms. The number of amides is 2. The molecule has 1 saturated heterocycles. The zero-order chi connectivity index (χ0) is 28.1. The summed E-state index contributed by atoms with van der Waals surface area (Å²) in [6.07, 6.45) is -1.81. The van der Waals surface area contributed by atoms with Gasteiger partial charge in [-0.15, -0.1) is 11.8 Å². The lowest BCUT2D eigenvalue weighted by Crippen LogP contribution is -2.53. The molecule has 4 atom stereocenters. The zero-order valence-electron chi connectivity index (χ0n) is 21.9. The number of thioether (sulfide) groups is 1. The second-order valence-electron chi connectivity index (χ2n) is 9.69. The first-order valence-electron chi connectivity index (χ1n) is 12.7. The van der Waals surface area contributed by atoms with E-state index in [1.807, 2.05) is 31.2 Å². The number of carbonyl (C=O) groups is 3. The van der Waals surface area contributed by atoms with Crippen molar-refractivity contribution >= 4 is 29.4 Å². The average molecular weight is 548 g/mol. The van der Waals surface area contributed by atoms with Crippen molar-refractivity contribution in [3.63, 3.8) is 0 Å². The summed E-state index contributed by atoms with van der Waals surface area (Å²) in [6, 6.07) is 19.2. The van der Waals surface area contributed by atoms with Crippen LogP contribution in [0.5, 0.6) is 5.75 Å². The number of aliphatic hydroxyl groups excluding tert-OH is 1. The molecule has 9 heteroatoms. The van der Waals surface area contributed by atoms with Crippen LogP contribution in [0.2, 0.25) is 0 Å². The summed E-state index contributed by atoms with van der Waals surface area (Å²) in [5, 5.41) is 24.5. The van der Waals surface area contributed by atoms with E-state index in [2.05, 4.69) is 5.32 Å². The Morgan fingerprint density at radius 1 is 1.03 bits per heavy atom. The number of aliphatic hydroxyl groups is 1. The first-order valence-corrected chi connectivity index (χ1v) is 13.9. The van der Waals surface area contributed by atoms with Crippen molar-refractivity contribution in [3.05, 3.63) is 101 Å². The first-order chi connectivity index (χ1) is 18.7. The number of phenols is 1. The fourth-order valence-corrected chi connectivity index (χ4v) is 5.93. The van der Waals surface area contributed by atoms with Crippen molar-refractivity contribution in [3.8, 4) is 5.75 Å². The smallest absolute Gasteiger partial charge is 0.253 e. The largest absolute Gasteiger partial charge is 0.508 e. The molecule has 0 aromatic heterocycles. The molecule has 0 saturated carbocycles. The fourth-order valence-electron chi connectivity index (χ4n) is 4.76. The van der Waals surface area contributed by atoms with Gasteiger partial charge in [-0.2, -0.15) is 0 Å². The monoisotopic (exact) mass is 547 g/mol. The molecule has 8 nitrogen and oxygen atoms in total. The van der Waals surface area contributed by atoms with E-state index >= 15 is 0 Å². The number of rotatable bonds is 9. The number of hydrogen-bond donors (Lipinski definition) is 4. The predicted octanol–water partition coefficient (Wildman–Crippen LogP) is 3.09. The van der Waals surface area contributed by atoms with Gasteiger partial charge in [-0.05, 0) is 36.6 Å². The molecule has 3 unspecified atom stereocenters. The molecule has 0 spiro atoms. The number of carbonyl (C=O) groups excluding carboxylic acids is 3. The van der Waals surface area contributed by atoms with E-state index in [9.17, 15) is 24.6 Å². The second-order valence-corrected chi connectivity index (χ2v) is 10.7. The summed E-state index contributed by atoms with van der Waals surface area (Å²) >= 11 is 1.40. The Labute approximate surface area is 232 Å². The number of phenolic OH excluding ortho intramolecular Hbond substituents is 1. The molecule has 0 aliphatic carbocycles. The Balaban J connectivity index is 1.58. The summed E-state index contributed by atoms with van der Waals surface area (Å²) in [4.78, 5) is 41.9. The topological polar surface area (TPSA) is 133 Å². The van der Waals surface area contributed by atoms with Gasteiger partial charge in [0, 0.05) is 29.5 Å². The van der Waals surface area contributed by atoms with Crippen LogP contribution in [0.25, 0.3) is 0 Å². The number of aromatic hydroxyl groups is 1. The number of ketones is 1. The van der Waals surface area contributed by atoms with Gasteiger partial charge in [-0.3, -0.25) is 14.4 Å². The van der Waals surface area contributed by atoms with Crippen molar-refractivity contribution in [2.45, 2.75) is 38.6 Å². The molecule has 1 heterocycles. The molecule has 3 aromatic rings. The number of Topliss-reactive ketones (excluding diaryl/α,β-unsaturated/α-hetero) is 1. The number of nitrogens with one attached hydrogen (secondary N) is 1. The zero-order valence-corrected chi connectivity index (χ0v) is 22.7. The normalized spacial score (nSPS) is 17.3. The van der Waals surface area contributed by atoms with Crippen LogP contribution in [0.1, 0.15) is 38.7 Å². The van der Waals surface area contributed by atoms with Gasteiger partial charge in [-0.25, -0.2) is 0 Å². The second kappa shape index (κ2) is 12.5. The van der Waals surface area contributed by atoms with Gasteiger partial charge in [0.1, 0.15) is 17.9 Å². The Kier molecular flexibility index (Phi) is 9.06. The average Bonchev–Trinajstić information content (AvgIpc) is 3.44. The lowest BCUT2D eigenvalue weighted by Gasteiger charge is -2.31. The molecule has 5 N–H and O–H groups in total. The van der Waals surface area contributed by atoms with Crippen LogP contribution in [0.3, 0.4) is 0 Å². The summed E-state index contributed by atoms with van der Waals surface area (Å²) in [7, 11) is 0. The third-order valence-corrected chi connectivity index (χ3v) is 8.23. The van der Waals surface area contributed by atoms with E-state index in [4.69, 9.17) is 5.73 Å². The maximum absolute atomic E-state index is 13.8. The molecule has 1 fully saturated rings. The Morgan fingerprint density at radius 3 is 2.44 bits per heavy atom. The van der Waals surface area contributed by atoms with Crippen LogP contribution < -0.4 is 11.1 Å². The SMILES string of the molecule is Cc1ccccc1CNC(=O)[C@@H]1CSCN1C(=O)C(O)C(C(=O)c1cccc(O)c1C)C(N)c1ccccc1. The fraction of sp³-hybridized carbons (Fsp3) is 0.300. The number of nitrogens with zero attached hydrogens (tertiary/aromatic N) is 1. The lowest BCUT2D eigenvalue weighted by molar-refractivity contribution is -0.146. The van der Waals surface area contributed by atoms with Crippen molar-refractivity contribution in [2.75, 3.05) is 11.6 Å². The van der Waals surface area contributed by atoms with Gasteiger partial charge >= 0.3 is 0 Å². The summed E-state index contributed by atoms with van der Waals surface area (Å²) in [5.74, 6) is -2.48. The number of nitrogens with two attached hydrogens (primary N) is 1. The van der Waals surface area contributed by atoms with Crippen LogP contribution in [-0.2, 0) is 16.1 Å². The van der Waals surface area contributed by atoms with Crippen LogP contribution in [-0.4, -0.2) is 56.5 Å². The highest BCUT2D eigenvalue weighted by atomic mass is 32.2. The number of benzene rings is 3. The highest BCUT2D eigenvalue weighted by Gasteiger charge is 2.44. The molecule has 4 rings (SSSR count). The summed E-state index contributed by atoms with van der Waals surface area (Å²) in [6.45, 7) is 3.86. The maximum atomic E-state index is 13.8. The molecular weight excluding hydrogens is 514 g/mol. The minimum atomic E-state index is -1.81. The Hall–Kier alpha value is -3.66. The first kappa shape index (κ1) is 28.4. The van der Waals surface area contributed by atoms with E-state index in [1.165, 1.54) is 34.9 Å². The molecular formula is C30H33N3O5S. The van der Waals surface area contributed by atoms with E-state index in [0.717, 1.165) is 11.1 Å². The number of aryl methyl sites for hydroxylation is 1. The predicted molar refractivity (Wildman–Crippen MR) is 151 cm³/mol. The Morgan fingerprint density at radius 2 is 1.72 bits per heavy atom. The highest BCUT2D eigenvalue weighted by Crippen LogP contribution is 2.32. The van der Waals surface area contributed by atoms with Crippen molar-refractivity contribution in [2.24, 2.45) is 11.7 Å². The third kappa shape index (κ3) is 6.16. The summed E-state index contributed by atoms with van der Waals surface area (Å²) in [5.41, 5.74) is 9.61. The number of hydrogen-bond acceptors (Lipinski definition) is 7. The van der Waals surface area contributed by atoms with Gasteiger partial charge in [0.25, 0.3) is 5.91 Å². The maximum Gasteiger partial charge on any atom is 0.253 e. The van der Waals surface area contributed by atoms with E-state index in [0.29, 0.717) is 23.4 Å². The molecule has 1 aliphatic heterocycles. The quantitative estimate of drug-likeness (QED) is 0.303. The molecule has 2 amide bonds. The van der Waals surface area contributed by atoms with Gasteiger partial charge in [-0.1, -0.05) is 66.7 Å². The molecule has 0 bridgehead atoms. The minimum Gasteiger partial charge on any atom is -0.508 e. The standard InChI is InChI=1S/C30H33N3O5S/c1-18-9-6-7-12-21(18)15-32-29(37)23-16-39-17-33(23)30(38)28(36)25(26(31)20-10-4-3-5-11-20)27(35)22-13-8-14-24(34)19(22)2/h3-14,23,25-26,28,34,36H,15-17,31H2,1-2H3,(H,32,37)/t23-,25?,26?,28?/m0/s1. The van der Waals surface area contributed by atoms with Crippen molar-refractivity contribution in [1.29, 1.82) is 0 Å². The van der Waals surface area contributed by atoms with Gasteiger partial charge in [0.2, 0.25) is 5.91 Å². The van der Waals surface area contributed by atoms with E-state index in [-0.39, 0.29) is 23.1 Å². The van der Waals surface area contributed by atoms with Crippen molar-refractivity contribution < 1.29 is 24.6 Å². The minimum absolute atomic E-state index is 0.0740. The van der Waals surface area contributed by atoms with Crippen molar-refractivity contribution in [1.82, 2.24) is 10.2 Å². The molecule has 3 aromatic carbocycles. The Bertz CT molecular complexity index is 1350. The van der Waals surface area contributed by atoms with Crippen LogP contribution in [0, 0.1) is 19.8 Å². The van der Waals surface area contributed by atoms with Crippen LogP contribution in [0.4, 0.5) is 0 Å². The summed E-state index contributed by atoms with van der Waals surface area (Å²) < 4.78 is 0. The molecule has 0 radical (unpaired) electrons. The lowest BCUT2D eigenvalue weighted by atomic mass is 9.81.